The zero-order chi connectivity index (χ0) is 24.7. The Labute approximate surface area is 201 Å². The van der Waals surface area contributed by atoms with Crippen LogP contribution in [0.5, 0.6) is 5.88 Å². The van der Waals surface area contributed by atoms with Gasteiger partial charge in [-0.25, -0.2) is 9.59 Å². The molecule has 2 aromatic carbocycles. The molecular weight excluding hydrogens is 452 g/mol. The van der Waals surface area contributed by atoms with Crippen molar-refractivity contribution in [3.63, 3.8) is 0 Å². The third kappa shape index (κ3) is 4.30. The van der Waals surface area contributed by atoms with Gasteiger partial charge in [0.25, 0.3) is 5.56 Å². The van der Waals surface area contributed by atoms with E-state index in [1.807, 2.05) is 38.1 Å². The SMILES string of the molecule is Cc1ccc(C(=O)OC[C@@H]2O[C@@H]3[C@@H](Oc4c(C)c(=O)ncn43)[C@@H]2OC(=O)c2ccc(C)cc2)cc1. The smallest absolute Gasteiger partial charge is 0.338 e. The Morgan fingerprint density at radius 2 is 1.54 bits per heavy atom. The highest BCUT2D eigenvalue weighted by Crippen LogP contribution is 2.42. The second kappa shape index (κ2) is 8.99. The van der Waals surface area contributed by atoms with Crippen molar-refractivity contribution in [2.24, 2.45) is 0 Å². The molecule has 1 saturated heterocycles. The van der Waals surface area contributed by atoms with E-state index in [1.165, 1.54) is 6.33 Å². The Kier molecular flexibility index (Phi) is 5.86. The van der Waals surface area contributed by atoms with Gasteiger partial charge in [0.2, 0.25) is 5.88 Å². The minimum atomic E-state index is -0.894. The topological polar surface area (TPSA) is 106 Å². The van der Waals surface area contributed by atoms with E-state index in [0.29, 0.717) is 22.6 Å². The summed E-state index contributed by atoms with van der Waals surface area (Å²) in [6, 6.07) is 14.0. The number of hydrogen-bond acceptors (Lipinski definition) is 8. The Morgan fingerprint density at radius 3 is 2.17 bits per heavy atom. The third-order valence-electron chi connectivity index (χ3n) is 6.18. The maximum Gasteiger partial charge on any atom is 0.338 e. The van der Waals surface area contributed by atoms with E-state index in [9.17, 15) is 14.4 Å². The number of benzene rings is 2. The van der Waals surface area contributed by atoms with E-state index in [2.05, 4.69) is 4.98 Å². The van der Waals surface area contributed by atoms with Gasteiger partial charge in [0.15, 0.2) is 18.4 Å². The molecule has 2 aliphatic rings. The van der Waals surface area contributed by atoms with Gasteiger partial charge in [-0.1, -0.05) is 35.4 Å². The van der Waals surface area contributed by atoms with Crippen molar-refractivity contribution in [3.05, 3.63) is 93.0 Å². The lowest BCUT2D eigenvalue weighted by molar-refractivity contribution is -0.0574. The highest BCUT2D eigenvalue weighted by molar-refractivity contribution is 5.90. The van der Waals surface area contributed by atoms with E-state index in [1.54, 1.807) is 35.8 Å². The van der Waals surface area contributed by atoms with Crippen LogP contribution in [0.4, 0.5) is 0 Å². The molecule has 3 heterocycles. The predicted octanol–water partition coefficient (Wildman–Crippen LogP) is 2.91. The number of rotatable bonds is 5. The summed E-state index contributed by atoms with van der Waals surface area (Å²) in [5.41, 5.74) is 2.73. The molecule has 1 aromatic heterocycles. The molecule has 9 nitrogen and oxygen atoms in total. The van der Waals surface area contributed by atoms with Crippen molar-refractivity contribution in [2.75, 3.05) is 6.61 Å². The van der Waals surface area contributed by atoms with Crippen molar-refractivity contribution < 1.29 is 28.5 Å². The first-order chi connectivity index (χ1) is 16.8. The molecule has 0 bridgehead atoms. The van der Waals surface area contributed by atoms with Gasteiger partial charge in [-0.3, -0.25) is 9.36 Å². The van der Waals surface area contributed by atoms with Gasteiger partial charge in [-0.2, -0.15) is 4.98 Å². The van der Waals surface area contributed by atoms with Gasteiger partial charge in [-0.05, 0) is 45.0 Å². The number of hydrogen-bond donors (Lipinski definition) is 0. The Balaban J connectivity index is 1.38. The van der Waals surface area contributed by atoms with E-state index >= 15 is 0 Å². The number of nitrogens with zero attached hydrogens (tertiary/aromatic N) is 2. The molecule has 0 N–H and O–H groups in total. The van der Waals surface area contributed by atoms with Crippen LogP contribution >= 0.6 is 0 Å². The van der Waals surface area contributed by atoms with Gasteiger partial charge < -0.3 is 18.9 Å². The molecule has 4 atom stereocenters. The van der Waals surface area contributed by atoms with Crippen LogP contribution in [0.2, 0.25) is 0 Å². The molecule has 0 amide bonds. The summed E-state index contributed by atoms with van der Waals surface area (Å²) >= 11 is 0. The first-order valence-corrected chi connectivity index (χ1v) is 11.2. The summed E-state index contributed by atoms with van der Waals surface area (Å²) in [5, 5.41) is 0. The highest BCUT2D eigenvalue weighted by Gasteiger charge is 2.54. The highest BCUT2D eigenvalue weighted by atomic mass is 16.7. The summed E-state index contributed by atoms with van der Waals surface area (Å²) in [7, 11) is 0. The average Bonchev–Trinajstić information content (AvgIpc) is 3.37. The second-order valence-corrected chi connectivity index (χ2v) is 8.74. The maximum atomic E-state index is 12.9. The summed E-state index contributed by atoms with van der Waals surface area (Å²) in [4.78, 5) is 41.3. The molecule has 0 spiro atoms. The van der Waals surface area contributed by atoms with Crippen LogP contribution in [-0.2, 0) is 14.2 Å². The van der Waals surface area contributed by atoms with Crippen molar-refractivity contribution in [3.8, 4) is 5.88 Å². The zero-order valence-electron chi connectivity index (χ0n) is 19.5. The minimum Gasteiger partial charge on any atom is -0.466 e. The van der Waals surface area contributed by atoms with Crippen molar-refractivity contribution in [2.45, 2.75) is 45.3 Å². The Morgan fingerprint density at radius 1 is 0.943 bits per heavy atom. The molecule has 0 aliphatic carbocycles. The van der Waals surface area contributed by atoms with Crippen molar-refractivity contribution in [1.29, 1.82) is 0 Å². The van der Waals surface area contributed by atoms with Crippen LogP contribution < -0.4 is 10.3 Å². The lowest BCUT2D eigenvalue weighted by Gasteiger charge is -2.22. The van der Waals surface area contributed by atoms with Gasteiger partial charge in [-0.15, -0.1) is 0 Å². The fourth-order valence-electron chi connectivity index (χ4n) is 4.15. The van der Waals surface area contributed by atoms with E-state index in [-0.39, 0.29) is 6.61 Å². The lowest BCUT2D eigenvalue weighted by atomic mass is 10.1. The lowest BCUT2D eigenvalue weighted by Crippen LogP contribution is -2.40. The van der Waals surface area contributed by atoms with E-state index in [0.717, 1.165) is 11.1 Å². The monoisotopic (exact) mass is 476 g/mol. The van der Waals surface area contributed by atoms with Crippen LogP contribution in [0.1, 0.15) is 43.6 Å². The third-order valence-corrected chi connectivity index (χ3v) is 6.18. The Bertz CT molecular complexity index is 1330. The largest absolute Gasteiger partial charge is 0.466 e. The fourth-order valence-corrected chi connectivity index (χ4v) is 4.15. The maximum absolute atomic E-state index is 12.9. The number of carbonyl (C=O) groups excluding carboxylic acids is 2. The summed E-state index contributed by atoms with van der Waals surface area (Å²) in [5.74, 6) is -0.763. The van der Waals surface area contributed by atoms with Gasteiger partial charge >= 0.3 is 11.9 Å². The average molecular weight is 476 g/mol. The normalized spacial score (nSPS) is 22.1. The van der Waals surface area contributed by atoms with Crippen LogP contribution in [0.3, 0.4) is 0 Å². The van der Waals surface area contributed by atoms with Crippen LogP contribution in [-0.4, -0.2) is 46.4 Å². The molecule has 5 rings (SSSR count). The number of fused-ring (bicyclic) bond motifs is 3. The Hall–Kier alpha value is -3.98. The minimum absolute atomic E-state index is 0.156. The van der Waals surface area contributed by atoms with E-state index in [4.69, 9.17) is 18.9 Å². The first kappa shape index (κ1) is 22.8. The van der Waals surface area contributed by atoms with Crippen molar-refractivity contribution in [1.82, 2.24) is 9.55 Å². The number of aromatic nitrogens is 2. The number of carbonyl (C=O) groups is 2. The van der Waals surface area contributed by atoms with Crippen LogP contribution in [0, 0.1) is 20.8 Å². The summed E-state index contributed by atoms with van der Waals surface area (Å²) < 4.78 is 25.1. The fraction of sp³-hybridized carbons (Fsp3) is 0.308. The molecule has 0 saturated carbocycles. The molecular formula is C26H24N2O7. The summed E-state index contributed by atoms with van der Waals surface area (Å²) in [6.45, 7) is 5.30. The van der Waals surface area contributed by atoms with Crippen molar-refractivity contribution >= 4 is 11.9 Å². The second-order valence-electron chi connectivity index (χ2n) is 8.74. The summed E-state index contributed by atoms with van der Waals surface area (Å²) in [6.07, 6.45) is -1.78. The zero-order valence-corrected chi connectivity index (χ0v) is 19.5. The molecule has 9 heteroatoms. The first-order valence-electron chi connectivity index (χ1n) is 11.2. The van der Waals surface area contributed by atoms with Crippen LogP contribution in [0.15, 0.2) is 59.7 Å². The predicted molar refractivity (Wildman–Crippen MR) is 123 cm³/mol. The molecule has 3 aromatic rings. The standard InChI is InChI=1S/C26H24N2O7/c1-14-4-8-17(9-5-14)25(30)32-12-19-20(35-26(31)18-10-6-15(2)7-11-18)21-24(33-19)28-13-27-22(29)16(3)23(28)34-21/h4-11,13,19-21,24H,12H2,1-3H3/t19-,20+,21-,24+/m0/s1. The molecule has 180 valence electrons. The van der Waals surface area contributed by atoms with Crippen LogP contribution in [0.25, 0.3) is 0 Å². The van der Waals surface area contributed by atoms with Gasteiger partial charge in [0, 0.05) is 0 Å². The number of ether oxygens (including phenoxy) is 4. The molecule has 0 unspecified atom stereocenters. The molecule has 2 aliphatic heterocycles. The van der Waals surface area contributed by atoms with Gasteiger partial charge in [0.05, 0.1) is 16.7 Å². The molecule has 1 fully saturated rings. The molecule has 0 radical (unpaired) electrons. The quantitative estimate of drug-likeness (QED) is 0.518. The number of aryl methyl sites for hydroxylation is 2. The number of esters is 2. The van der Waals surface area contributed by atoms with E-state index < -0.39 is 42.0 Å². The van der Waals surface area contributed by atoms with Gasteiger partial charge in [0.1, 0.15) is 19.0 Å². The molecule has 35 heavy (non-hydrogen) atoms.